The second-order valence-corrected chi connectivity index (χ2v) is 6.07. The maximum absolute atomic E-state index is 13.2. The lowest BCUT2D eigenvalue weighted by atomic mass is 10.1. The van der Waals surface area contributed by atoms with Crippen LogP contribution in [-0.4, -0.2) is 10.9 Å². The first-order valence-electron chi connectivity index (χ1n) is 8.20. The van der Waals surface area contributed by atoms with Gasteiger partial charge in [-0.25, -0.2) is 4.39 Å². The van der Waals surface area contributed by atoms with Gasteiger partial charge in [-0.1, -0.05) is 30.3 Å². The molecule has 0 bridgehead atoms. The van der Waals surface area contributed by atoms with Crippen molar-refractivity contribution in [2.75, 3.05) is 0 Å². The Balaban J connectivity index is 1.46. The van der Waals surface area contributed by atoms with E-state index in [2.05, 4.69) is 22.4 Å². The van der Waals surface area contributed by atoms with Crippen LogP contribution in [0.15, 0.2) is 48.7 Å². The number of carbonyl (C=O) groups excluding carboxylic acids is 1. The number of para-hydroxylation sites is 1. The van der Waals surface area contributed by atoms with Crippen molar-refractivity contribution in [2.45, 2.75) is 32.7 Å². The summed E-state index contributed by atoms with van der Waals surface area (Å²) in [5.74, 6) is -0.194. The summed E-state index contributed by atoms with van der Waals surface area (Å²) in [6, 6.07) is 13.1. The highest BCUT2D eigenvalue weighted by molar-refractivity contribution is 5.83. The molecular formula is C20H21FN2O. The van der Waals surface area contributed by atoms with Crippen LogP contribution in [-0.2, 0) is 17.8 Å². The number of rotatable bonds is 6. The molecule has 0 unspecified atom stereocenters. The Kier molecular flexibility index (Phi) is 4.94. The minimum Gasteiger partial charge on any atom is -0.361 e. The first-order valence-corrected chi connectivity index (χ1v) is 8.20. The number of carbonyl (C=O) groups is 1. The lowest BCUT2D eigenvalue weighted by Crippen LogP contribution is -2.22. The lowest BCUT2D eigenvalue weighted by Gasteiger charge is -2.06. The van der Waals surface area contributed by atoms with E-state index in [1.54, 1.807) is 19.1 Å². The van der Waals surface area contributed by atoms with Crippen LogP contribution in [0.5, 0.6) is 0 Å². The second-order valence-electron chi connectivity index (χ2n) is 6.07. The third kappa shape index (κ3) is 3.82. The number of H-pyrrole nitrogens is 1. The number of amides is 1. The Hall–Kier alpha value is -2.62. The average Bonchev–Trinajstić information content (AvgIpc) is 2.99. The van der Waals surface area contributed by atoms with E-state index in [4.69, 9.17) is 0 Å². The molecule has 0 saturated carbocycles. The quantitative estimate of drug-likeness (QED) is 0.699. The van der Waals surface area contributed by atoms with Gasteiger partial charge in [0.1, 0.15) is 5.82 Å². The molecule has 2 N–H and O–H groups in total. The average molecular weight is 324 g/mol. The van der Waals surface area contributed by atoms with E-state index in [0.29, 0.717) is 18.5 Å². The number of aromatic nitrogens is 1. The highest BCUT2D eigenvalue weighted by Gasteiger charge is 2.06. The van der Waals surface area contributed by atoms with Gasteiger partial charge in [0.15, 0.2) is 0 Å². The molecular weight excluding hydrogens is 303 g/mol. The molecule has 3 aromatic rings. The van der Waals surface area contributed by atoms with Crippen molar-refractivity contribution >= 4 is 16.8 Å². The molecule has 0 aliphatic heterocycles. The molecule has 0 atom stereocenters. The Morgan fingerprint density at radius 1 is 1.21 bits per heavy atom. The number of hydrogen-bond donors (Lipinski definition) is 2. The summed E-state index contributed by atoms with van der Waals surface area (Å²) in [6.07, 6.45) is 4.17. The molecule has 0 spiro atoms. The molecule has 0 aliphatic carbocycles. The van der Waals surface area contributed by atoms with E-state index in [9.17, 15) is 9.18 Å². The molecule has 1 amide bonds. The van der Waals surface area contributed by atoms with Gasteiger partial charge in [-0.15, -0.1) is 0 Å². The fourth-order valence-electron chi connectivity index (χ4n) is 2.88. The molecule has 0 fully saturated rings. The normalized spacial score (nSPS) is 10.9. The monoisotopic (exact) mass is 324 g/mol. The standard InChI is InChI=1S/C20H21FN2O/c1-14-11-15(9-10-18(14)21)12-23-20(24)8-4-5-16-13-22-19-7-3-2-6-17(16)19/h2-3,6-7,9-11,13,22H,4-5,8,12H2,1H3,(H,23,24). The van der Waals surface area contributed by atoms with E-state index >= 15 is 0 Å². The first-order chi connectivity index (χ1) is 11.6. The molecule has 1 heterocycles. The van der Waals surface area contributed by atoms with E-state index in [1.807, 2.05) is 18.3 Å². The third-order valence-corrected chi connectivity index (χ3v) is 4.24. The molecule has 3 nitrogen and oxygen atoms in total. The summed E-state index contributed by atoms with van der Waals surface area (Å²) in [4.78, 5) is 15.2. The van der Waals surface area contributed by atoms with Gasteiger partial charge in [0.2, 0.25) is 5.91 Å². The Morgan fingerprint density at radius 3 is 2.88 bits per heavy atom. The van der Waals surface area contributed by atoms with Crippen LogP contribution in [0.4, 0.5) is 4.39 Å². The van der Waals surface area contributed by atoms with Crippen LogP contribution in [0.25, 0.3) is 10.9 Å². The molecule has 0 aliphatic rings. The fourth-order valence-corrected chi connectivity index (χ4v) is 2.88. The van der Waals surface area contributed by atoms with Crippen molar-refractivity contribution in [3.63, 3.8) is 0 Å². The zero-order chi connectivity index (χ0) is 16.9. The fraction of sp³-hybridized carbons (Fsp3) is 0.250. The van der Waals surface area contributed by atoms with Gasteiger partial charge >= 0.3 is 0 Å². The van der Waals surface area contributed by atoms with E-state index < -0.39 is 0 Å². The maximum Gasteiger partial charge on any atom is 0.220 e. The van der Waals surface area contributed by atoms with Crippen molar-refractivity contribution in [1.82, 2.24) is 10.3 Å². The van der Waals surface area contributed by atoms with Crippen LogP contribution in [0, 0.1) is 12.7 Å². The largest absolute Gasteiger partial charge is 0.361 e. The van der Waals surface area contributed by atoms with Gasteiger partial charge in [0.05, 0.1) is 0 Å². The summed E-state index contributed by atoms with van der Waals surface area (Å²) in [7, 11) is 0. The summed E-state index contributed by atoms with van der Waals surface area (Å²) in [5, 5.41) is 4.12. The molecule has 0 radical (unpaired) electrons. The number of aromatic amines is 1. The molecule has 0 saturated heterocycles. The van der Waals surface area contributed by atoms with Crippen molar-refractivity contribution < 1.29 is 9.18 Å². The zero-order valence-corrected chi connectivity index (χ0v) is 13.7. The van der Waals surface area contributed by atoms with E-state index in [0.717, 1.165) is 23.9 Å². The molecule has 1 aromatic heterocycles. The van der Waals surface area contributed by atoms with Gasteiger partial charge < -0.3 is 10.3 Å². The van der Waals surface area contributed by atoms with Crippen LogP contribution < -0.4 is 5.32 Å². The number of benzene rings is 2. The van der Waals surface area contributed by atoms with Crippen LogP contribution >= 0.6 is 0 Å². The number of aryl methyl sites for hydroxylation is 2. The predicted molar refractivity (Wildman–Crippen MR) is 94.2 cm³/mol. The Morgan fingerprint density at radius 2 is 2.04 bits per heavy atom. The van der Waals surface area contributed by atoms with E-state index in [1.165, 1.54) is 17.0 Å². The molecule has 24 heavy (non-hydrogen) atoms. The smallest absolute Gasteiger partial charge is 0.220 e. The summed E-state index contributed by atoms with van der Waals surface area (Å²) in [5.41, 5.74) is 3.89. The van der Waals surface area contributed by atoms with Crippen molar-refractivity contribution in [3.8, 4) is 0 Å². The van der Waals surface area contributed by atoms with Gasteiger partial charge in [-0.2, -0.15) is 0 Å². The number of fused-ring (bicyclic) bond motifs is 1. The first kappa shape index (κ1) is 16.2. The Bertz CT molecular complexity index is 854. The number of halogens is 1. The SMILES string of the molecule is Cc1cc(CNC(=O)CCCc2c[nH]c3ccccc23)ccc1F. The van der Waals surface area contributed by atoms with Gasteiger partial charge in [0.25, 0.3) is 0 Å². The number of nitrogens with one attached hydrogen (secondary N) is 2. The second kappa shape index (κ2) is 7.30. The summed E-state index contributed by atoms with van der Waals surface area (Å²) < 4.78 is 13.2. The van der Waals surface area contributed by atoms with Gasteiger partial charge in [0, 0.05) is 30.1 Å². The molecule has 4 heteroatoms. The van der Waals surface area contributed by atoms with Crippen molar-refractivity contribution in [2.24, 2.45) is 0 Å². The predicted octanol–water partition coefficient (Wildman–Crippen LogP) is 4.25. The summed E-state index contributed by atoms with van der Waals surface area (Å²) in [6.45, 7) is 2.16. The minimum absolute atomic E-state index is 0.0248. The van der Waals surface area contributed by atoms with Gasteiger partial charge in [-0.3, -0.25) is 4.79 Å². The van der Waals surface area contributed by atoms with Crippen LogP contribution in [0.1, 0.15) is 29.5 Å². The van der Waals surface area contributed by atoms with Gasteiger partial charge in [-0.05, 0) is 48.6 Å². The molecule has 3 rings (SSSR count). The summed E-state index contributed by atoms with van der Waals surface area (Å²) >= 11 is 0. The van der Waals surface area contributed by atoms with Crippen molar-refractivity contribution in [3.05, 3.63) is 71.2 Å². The van der Waals surface area contributed by atoms with Crippen LogP contribution in [0.2, 0.25) is 0 Å². The van der Waals surface area contributed by atoms with Crippen molar-refractivity contribution in [1.29, 1.82) is 0 Å². The molecule has 124 valence electrons. The maximum atomic E-state index is 13.2. The third-order valence-electron chi connectivity index (χ3n) is 4.24. The van der Waals surface area contributed by atoms with E-state index in [-0.39, 0.29) is 11.7 Å². The number of hydrogen-bond acceptors (Lipinski definition) is 1. The topological polar surface area (TPSA) is 44.9 Å². The minimum atomic E-state index is -0.219. The lowest BCUT2D eigenvalue weighted by molar-refractivity contribution is -0.121. The molecule has 2 aromatic carbocycles. The van der Waals surface area contributed by atoms with Crippen LogP contribution in [0.3, 0.4) is 0 Å². The Labute approximate surface area is 140 Å². The highest BCUT2D eigenvalue weighted by Crippen LogP contribution is 2.19. The zero-order valence-electron chi connectivity index (χ0n) is 13.7. The highest BCUT2D eigenvalue weighted by atomic mass is 19.1.